The first kappa shape index (κ1) is 10.0. The quantitative estimate of drug-likeness (QED) is 0.442. The molecule has 3 nitrogen and oxygen atoms in total. The van der Waals surface area contributed by atoms with Crippen molar-refractivity contribution < 1.29 is 9.59 Å². The number of amides is 1. The maximum atomic E-state index is 11.4. The van der Waals surface area contributed by atoms with Crippen LogP contribution in [0.1, 0.15) is 13.8 Å². The lowest BCUT2D eigenvalue weighted by Crippen LogP contribution is -2.19. The Kier molecular flexibility index (Phi) is 3.16. The summed E-state index contributed by atoms with van der Waals surface area (Å²) in [5.74, 6) is -0.287. The number of carbonyl (C=O) groups is 2. The summed E-state index contributed by atoms with van der Waals surface area (Å²) in [5.41, 5.74) is 1.23. The van der Waals surface area contributed by atoms with E-state index in [2.05, 4.69) is 0 Å². The predicted molar refractivity (Wildman–Crippen MR) is 56.7 cm³/mol. The van der Waals surface area contributed by atoms with Crippen molar-refractivity contribution in [3.05, 3.63) is 11.1 Å². The topological polar surface area (TPSA) is 37.4 Å². The van der Waals surface area contributed by atoms with E-state index in [1.54, 1.807) is 4.31 Å². The fourth-order valence-electron chi connectivity index (χ4n) is 1.18. The van der Waals surface area contributed by atoms with Gasteiger partial charge in [0.25, 0.3) is 5.91 Å². The zero-order valence-electron chi connectivity index (χ0n) is 6.76. The lowest BCUT2D eigenvalue weighted by molar-refractivity contribution is -0.124. The molecule has 0 aromatic heterocycles. The molecule has 0 aliphatic carbocycles. The number of halogens is 1. The molecule has 0 fully saturated rings. The smallest absolute Gasteiger partial charge is 0.268 e. The maximum Gasteiger partial charge on any atom is 0.268 e. The van der Waals surface area contributed by atoms with Gasteiger partial charge in [0, 0.05) is 30.3 Å². The van der Waals surface area contributed by atoms with Gasteiger partial charge in [-0.05, 0) is 19.4 Å². The van der Waals surface area contributed by atoms with Crippen molar-refractivity contribution in [2.45, 2.75) is 13.8 Å². The Morgan fingerprint density at radius 3 is 2.50 bits per heavy atom. The molecule has 0 atom stereocenters. The lowest BCUT2D eigenvalue weighted by Gasteiger charge is -2.08. The molecule has 0 N–H and O–H groups in total. The van der Waals surface area contributed by atoms with Gasteiger partial charge in [0.1, 0.15) is 0 Å². The van der Waals surface area contributed by atoms with Crippen molar-refractivity contribution in [1.82, 2.24) is 4.31 Å². The van der Waals surface area contributed by atoms with Gasteiger partial charge in [-0.15, -0.1) is 0 Å². The second-order valence-electron chi connectivity index (χ2n) is 2.62. The normalized spacial score (nSPS) is 17.6. The Hall–Kier alpha value is -0.0400. The number of ketones is 1. The van der Waals surface area contributed by atoms with E-state index in [0.717, 1.165) is 5.57 Å². The van der Waals surface area contributed by atoms with Crippen molar-refractivity contribution in [2.24, 2.45) is 0 Å². The zero-order valence-corrected chi connectivity index (χ0v) is 9.73. The molecule has 0 saturated heterocycles. The Labute approximate surface area is 87.3 Å². The second kappa shape index (κ2) is 3.78. The van der Waals surface area contributed by atoms with Crippen LogP contribution in [0.3, 0.4) is 0 Å². The standard InChI is InChI=1S/C7H8INO2S/c1-4-3-9(12-8)7(11)6(4)5(2)10/h3H2,1-2H3. The number of rotatable bonds is 2. The number of Topliss-reactive ketones (excluding diaryl/α,β-unsaturated/α-hetero) is 1. The summed E-state index contributed by atoms with van der Waals surface area (Å²) in [5, 5.41) is 0. The minimum atomic E-state index is -0.153. The van der Waals surface area contributed by atoms with Crippen molar-refractivity contribution in [2.75, 3.05) is 6.54 Å². The van der Waals surface area contributed by atoms with Crippen LogP contribution in [0.25, 0.3) is 0 Å². The molecule has 1 aliphatic heterocycles. The third kappa shape index (κ3) is 1.66. The molecule has 1 amide bonds. The van der Waals surface area contributed by atoms with Crippen molar-refractivity contribution in [1.29, 1.82) is 0 Å². The van der Waals surface area contributed by atoms with Gasteiger partial charge in [-0.2, -0.15) is 0 Å². The Balaban J connectivity index is 2.93. The van der Waals surface area contributed by atoms with Crippen molar-refractivity contribution in [3.63, 3.8) is 0 Å². The maximum absolute atomic E-state index is 11.4. The van der Waals surface area contributed by atoms with Crippen LogP contribution < -0.4 is 0 Å². The molecule has 0 unspecified atom stereocenters. The molecule has 66 valence electrons. The molecular formula is C7H8INO2S. The molecule has 1 rings (SSSR count). The third-order valence-electron chi connectivity index (χ3n) is 1.68. The van der Waals surface area contributed by atoms with Crippen molar-refractivity contribution in [3.8, 4) is 0 Å². The molecule has 0 aromatic carbocycles. The second-order valence-corrected chi connectivity index (χ2v) is 4.38. The molecule has 1 heterocycles. The predicted octanol–water partition coefficient (Wildman–Crippen LogP) is 1.73. The zero-order chi connectivity index (χ0) is 9.30. The third-order valence-corrected chi connectivity index (χ3v) is 3.57. The lowest BCUT2D eigenvalue weighted by atomic mass is 10.1. The number of nitrogens with zero attached hydrogens (tertiary/aromatic N) is 1. The number of hydrogen-bond acceptors (Lipinski definition) is 3. The van der Waals surface area contributed by atoms with Gasteiger partial charge in [-0.25, -0.2) is 0 Å². The van der Waals surface area contributed by atoms with E-state index < -0.39 is 0 Å². The van der Waals surface area contributed by atoms with Crippen LogP contribution in [0.2, 0.25) is 0 Å². The molecule has 12 heavy (non-hydrogen) atoms. The molecule has 0 aromatic rings. The van der Waals surface area contributed by atoms with Gasteiger partial charge in [-0.3, -0.25) is 13.9 Å². The SMILES string of the molecule is CC(=O)C1=C(C)CN(SI)C1=O. The van der Waals surface area contributed by atoms with E-state index in [4.69, 9.17) is 0 Å². The molecule has 0 saturated carbocycles. The monoisotopic (exact) mass is 297 g/mol. The Morgan fingerprint density at radius 2 is 2.25 bits per heavy atom. The van der Waals surface area contributed by atoms with Gasteiger partial charge >= 0.3 is 0 Å². The fraction of sp³-hybridized carbons (Fsp3) is 0.429. The van der Waals surface area contributed by atoms with Gasteiger partial charge in [0.2, 0.25) is 0 Å². The summed E-state index contributed by atoms with van der Waals surface area (Å²) < 4.78 is 1.58. The molecular weight excluding hydrogens is 289 g/mol. The summed E-state index contributed by atoms with van der Waals surface area (Å²) in [6, 6.07) is 0. The van der Waals surface area contributed by atoms with E-state index in [1.807, 2.05) is 28.1 Å². The van der Waals surface area contributed by atoms with Crippen molar-refractivity contribution >= 4 is 42.0 Å². The Morgan fingerprint density at radius 1 is 1.67 bits per heavy atom. The van der Waals surface area contributed by atoms with Crippen LogP contribution in [-0.4, -0.2) is 22.5 Å². The largest absolute Gasteiger partial charge is 0.294 e. The average molecular weight is 297 g/mol. The minimum Gasteiger partial charge on any atom is -0.294 e. The highest BCUT2D eigenvalue weighted by atomic mass is 127. The Bertz CT molecular complexity index is 275. The van der Waals surface area contributed by atoms with Gasteiger partial charge in [0.15, 0.2) is 5.78 Å². The summed E-state index contributed by atoms with van der Waals surface area (Å²) in [4.78, 5) is 22.4. The van der Waals surface area contributed by atoms with E-state index >= 15 is 0 Å². The first-order valence-corrected chi connectivity index (χ1v) is 6.70. The highest BCUT2D eigenvalue weighted by Crippen LogP contribution is 2.29. The highest BCUT2D eigenvalue weighted by molar-refractivity contribution is 14.2. The van der Waals surface area contributed by atoms with Crippen LogP contribution in [0.15, 0.2) is 11.1 Å². The number of hydrogen-bond donors (Lipinski definition) is 0. The summed E-state index contributed by atoms with van der Waals surface area (Å²) in [6.07, 6.45) is 0. The van der Waals surface area contributed by atoms with Gasteiger partial charge in [0.05, 0.1) is 12.1 Å². The summed E-state index contributed by atoms with van der Waals surface area (Å²) in [6.45, 7) is 3.82. The van der Waals surface area contributed by atoms with Crippen LogP contribution in [0, 0.1) is 0 Å². The van der Waals surface area contributed by atoms with E-state index in [1.165, 1.54) is 16.0 Å². The van der Waals surface area contributed by atoms with Gasteiger partial charge in [-0.1, -0.05) is 0 Å². The fourth-order valence-corrected chi connectivity index (χ4v) is 2.53. The molecule has 1 aliphatic rings. The van der Waals surface area contributed by atoms with Crippen LogP contribution in [-0.2, 0) is 9.59 Å². The molecule has 0 spiro atoms. The van der Waals surface area contributed by atoms with Crippen LogP contribution in [0.4, 0.5) is 0 Å². The van der Waals surface area contributed by atoms with Crippen LogP contribution in [0.5, 0.6) is 0 Å². The van der Waals surface area contributed by atoms with E-state index in [9.17, 15) is 9.59 Å². The van der Waals surface area contributed by atoms with E-state index in [-0.39, 0.29) is 11.7 Å². The summed E-state index contributed by atoms with van der Waals surface area (Å²) in [7, 11) is 1.33. The molecule has 5 heteroatoms. The molecule has 0 bridgehead atoms. The highest BCUT2D eigenvalue weighted by Gasteiger charge is 2.30. The van der Waals surface area contributed by atoms with Crippen LogP contribution >= 0.6 is 30.3 Å². The first-order valence-electron chi connectivity index (χ1n) is 3.39. The average Bonchev–Trinajstić information content (AvgIpc) is 2.25. The van der Waals surface area contributed by atoms with E-state index in [0.29, 0.717) is 12.1 Å². The number of carbonyl (C=O) groups excluding carboxylic acids is 2. The summed E-state index contributed by atoms with van der Waals surface area (Å²) >= 11 is 2.03. The molecule has 0 radical (unpaired) electrons. The first-order chi connectivity index (χ1) is 5.57. The van der Waals surface area contributed by atoms with Gasteiger partial charge < -0.3 is 0 Å². The minimum absolute atomic E-state index is 0.134.